The van der Waals surface area contributed by atoms with Crippen molar-refractivity contribution in [2.24, 2.45) is 0 Å². The van der Waals surface area contributed by atoms with Gasteiger partial charge in [-0.25, -0.2) is 4.98 Å². The van der Waals surface area contributed by atoms with Crippen molar-refractivity contribution >= 4 is 12.4 Å². The van der Waals surface area contributed by atoms with Crippen molar-refractivity contribution in [1.82, 2.24) is 9.97 Å². The van der Waals surface area contributed by atoms with Gasteiger partial charge in [-0.1, -0.05) is 6.92 Å². The largest absolute Gasteiger partial charge is 0.346 e. The Morgan fingerprint density at radius 1 is 1.58 bits per heavy atom. The van der Waals surface area contributed by atoms with Crippen LogP contribution in [0.1, 0.15) is 24.1 Å². The molecule has 0 unspecified atom stereocenters. The zero-order valence-corrected chi connectivity index (χ0v) is 7.29. The number of hydrogen-bond acceptors (Lipinski definition) is 2. The second-order valence-corrected chi connectivity index (χ2v) is 2.54. The van der Waals surface area contributed by atoms with E-state index in [0.29, 0.717) is 0 Å². The molecular formula is C9H12N2O. The van der Waals surface area contributed by atoms with Gasteiger partial charge in [0.25, 0.3) is 0 Å². The number of aldehydes is 1. The number of carbonyl (C=O) groups is 1. The van der Waals surface area contributed by atoms with Gasteiger partial charge in [-0.2, -0.15) is 0 Å². The zero-order chi connectivity index (χ0) is 8.97. The molecule has 64 valence electrons. The summed E-state index contributed by atoms with van der Waals surface area (Å²) in [6.07, 6.45) is 4.79. The van der Waals surface area contributed by atoms with Crippen LogP contribution < -0.4 is 0 Å². The van der Waals surface area contributed by atoms with E-state index in [9.17, 15) is 4.79 Å². The van der Waals surface area contributed by atoms with Crippen LogP contribution in [0.5, 0.6) is 0 Å². The van der Waals surface area contributed by atoms with E-state index in [1.807, 2.05) is 13.8 Å². The van der Waals surface area contributed by atoms with Gasteiger partial charge in [-0.3, -0.25) is 4.79 Å². The molecule has 1 aromatic heterocycles. The molecule has 3 nitrogen and oxygen atoms in total. The predicted molar refractivity (Wildman–Crippen MR) is 47.8 cm³/mol. The number of allylic oxidation sites excluding steroid dienone is 1. The highest BCUT2D eigenvalue weighted by atomic mass is 16.1. The SMILES string of the molecule is CCc1nc(C=CC=O)c(C)[nH]1. The van der Waals surface area contributed by atoms with Crippen molar-refractivity contribution < 1.29 is 4.79 Å². The van der Waals surface area contributed by atoms with Crippen molar-refractivity contribution in [3.63, 3.8) is 0 Å². The van der Waals surface area contributed by atoms with Crippen LogP contribution in [0.15, 0.2) is 6.08 Å². The lowest BCUT2D eigenvalue weighted by atomic mass is 10.3. The second-order valence-electron chi connectivity index (χ2n) is 2.54. The van der Waals surface area contributed by atoms with Gasteiger partial charge in [0.1, 0.15) is 12.1 Å². The van der Waals surface area contributed by atoms with Crippen LogP contribution in [0.2, 0.25) is 0 Å². The monoisotopic (exact) mass is 164 g/mol. The molecule has 1 N–H and O–H groups in total. The highest BCUT2D eigenvalue weighted by Gasteiger charge is 2.00. The molecule has 0 aliphatic carbocycles. The maximum Gasteiger partial charge on any atom is 0.142 e. The highest BCUT2D eigenvalue weighted by molar-refractivity contribution is 5.73. The third-order valence-electron chi connectivity index (χ3n) is 1.64. The number of nitrogens with one attached hydrogen (secondary N) is 1. The molecule has 0 saturated carbocycles. The van der Waals surface area contributed by atoms with Gasteiger partial charge in [0, 0.05) is 12.1 Å². The van der Waals surface area contributed by atoms with Gasteiger partial charge < -0.3 is 4.98 Å². The van der Waals surface area contributed by atoms with Gasteiger partial charge in [0.05, 0.1) is 5.69 Å². The molecule has 1 aromatic rings. The van der Waals surface area contributed by atoms with Gasteiger partial charge >= 0.3 is 0 Å². The molecule has 0 aliphatic heterocycles. The Balaban J connectivity index is 2.91. The third kappa shape index (κ3) is 1.81. The number of H-pyrrole nitrogens is 1. The number of aryl methyl sites for hydroxylation is 2. The summed E-state index contributed by atoms with van der Waals surface area (Å²) in [7, 11) is 0. The van der Waals surface area contributed by atoms with Crippen molar-refractivity contribution in [1.29, 1.82) is 0 Å². The lowest BCUT2D eigenvalue weighted by Gasteiger charge is -1.83. The summed E-state index contributed by atoms with van der Waals surface area (Å²) in [6.45, 7) is 3.97. The molecule has 1 heterocycles. The molecule has 0 fully saturated rings. The fourth-order valence-corrected chi connectivity index (χ4v) is 0.998. The minimum atomic E-state index is 0.750. The molecular weight excluding hydrogens is 152 g/mol. The average molecular weight is 164 g/mol. The quantitative estimate of drug-likeness (QED) is 0.543. The first-order chi connectivity index (χ1) is 5.77. The van der Waals surface area contributed by atoms with E-state index < -0.39 is 0 Å². The molecule has 3 heteroatoms. The van der Waals surface area contributed by atoms with Crippen molar-refractivity contribution in [2.75, 3.05) is 0 Å². The molecule has 1 rings (SSSR count). The average Bonchev–Trinajstić information content (AvgIpc) is 2.43. The van der Waals surface area contributed by atoms with E-state index in [0.717, 1.165) is 29.9 Å². The van der Waals surface area contributed by atoms with Crippen molar-refractivity contribution in [3.05, 3.63) is 23.3 Å². The van der Waals surface area contributed by atoms with E-state index in [1.54, 1.807) is 6.08 Å². The smallest absolute Gasteiger partial charge is 0.142 e. The van der Waals surface area contributed by atoms with Gasteiger partial charge in [-0.15, -0.1) is 0 Å². The molecule has 12 heavy (non-hydrogen) atoms. The highest BCUT2D eigenvalue weighted by Crippen LogP contribution is 2.06. The minimum Gasteiger partial charge on any atom is -0.346 e. The molecule has 0 radical (unpaired) electrons. The summed E-state index contributed by atoms with van der Waals surface area (Å²) in [5.74, 6) is 0.957. The van der Waals surface area contributed by atoms with Crippen LogP contribution in [0.25, 0.3) is 6.08 Å². The number of carbonyl (C=O) groups excluding carboxylic acids is 1. The first-order valence-corrected chi connectivity index (χ1v) is 3.95. The van der Waals surface area contributed by atoms with E-state index >= 15 is 0 Å². The van der Waals surface area contributed by atoms with Crippen LogP contribution in [-0.2, 0) is 11.2 Å². The number of imidazole rings is 1. The van der Waals surface area contributed by atoms with Crippen LogP contribution in [0.4, 0.5) is 0 Å². The fourth-order valence-electron chi connectivity index (χ4n) is 0.998. The number of hydrogen-bond donors (Lipinski definition) is 1. The van der Waals surface area contributed by atoms with Gasteiger partial charge in [-0.05, 0) is 19.1 Å². The Hall–Kier alpha value is -1.38. The van der Waals surface area contributed by atoms with Gasteiger partial charge in [0.2, 0.25) is 0 Å². The third-order valence-corrected chi connectivity index (χ3v) is 1.64. The predicted octanol–water partition coefficient (Wildman–Crippen LogP) is 1.49. The standard InChI is InChI=1S/C9H12N2O/c1-3-9-10-7(2)8(11-9)5-4-6-12/h4-6H,3H2,1-2H3,(H,10,11). The molecule has 0 atom stereocenters. The summed E-state index contributed by atoms with van der Waals surface area (Å²) < 4.78 is 0. The molecule has 0 aliphatic rings. The van der Waals surface area contributed by atoms with E-state index in [1.165, 1.54) is 6.08 Å². The van der Waals surface area contributed by atoms with Crippen LogP contribution >= 0.6 is 0 Å². The van der Waals surface area contributed by atoms with Gasteiger partial charge in [0.15, 0.2) is 0 Å². The lowest BCUT2D eigenvalue weighted by molar-refractivity contribution is -0.104. The number of nitrogens with zero attached hydrogens (tertiary/aromatic N) is 1. The van der Waals surface area contributed by atoms with Crippen LogP contribution in [0, 0.1) is 6.92 Å². The fraction of sp³-hybridized carbons (Fsp3) is 0.333. The van der Waals surface area contributed by atoms with E-state index in [2.05, 4.69) is 9.97 Å². The topological polar surface area (TPSA) is 45.8 Å². The second kappa shape index (κ2) is 3.85. The number of rotatable bonds is 3. The van der Waals surface area contributed by atoms with E-state index in [4.69, 9.17) is 0 Å². The summed E-state index contributed by atoms with van der Waals surface area (Å²) in [5.41, 5.74) is 1.85. The normalized spacial score (nSPS) is 10.8. The summed E-state index contributed by atoms with van der Waals surface area (Å²) in [5, 5.41) is 0. The molecule has 0 spiro atoms. The van der Waals surface area contributed by atoms with Crippen LogP contribution in [-0.4, -0.2) is 16.3 Å². The summed E-state index contributed by atoms with van der Waals surface area (Å²) in [6, 6.07) is 0. The Morgan fingerprint density at radius 3 is 2.83 bits per heavy atom. The maximum absolute atomic E-state index is 10.0. The Labute approximate surface area is 71.5 Å². The Kier molecular flexibility index (Phi) is 2.80. The van der Waals surface area contributed by atoms with E-state index in [-0.39, 0.29) is 0 Å². The summed E-state index contributed by atoms with van der Waals surface area (Å²) in [4.78, 5) is 17.4. The first-order valence-electron chi connectivity index (χ1n) is 3.95. The first kappa shape index (κ1) is 8.71. The van der Waals surface area contributed by atoms with Crippen LogP contribution in [0.3, 0.4) is 0 Å². The maximum atomic E-state index is 10.0. The molecule has 0 aromatic carbocycles. The minimum absolute atomic E-state index is 0.750. The number of aromatic nitrogens is 2. The molecule has 0 bridgehead atoms. The zero-order valence-electron chi connectivity index (χ0n) is 7.29. The van der Waals surface area contributed by atoms with Crippen molar-refractivity contribution in [2.45, 2.75) is 20.3 Å². The molecule has 0 saturated heterocycles. The Morgan fingerprint density at radius 2 is 2.33 bits per heavy atom. The Bertz CT molecular complexity index is 299. The lowest BCUT2D eigenvalue weighted by Crippen LogP contribution is -1.80. The molecule has 0 amide bonds. The van der Waals surface area contributed by atoms with Crippen molar-refractivity contribution in [3.8, 4) is 0 Å². The number of aromatic amines is 1. The summed E-state index contributed by atoms with van der Waals surface area (Å²) >= 11 is 0.